The number of aromatic nitrogens is 1. The second kappa shape index (κ2) is 9.29. The maximum atomic E-state index is 13.6. The first-order valence-corrected chi connectivity index (χ1v) is 10.9. The van der Waals surface area contributed by atoms with Crippen LogP contribution in [0, 0.1) is 5.82 Å². The molecule has 0 saturated carbocycles. The minimum atomic E-state index is -0.313. The number of thiazole rings is 1. The Morgan fingerprint density at radius 2 is 1.79 bits per heavy atom. The second-order valence-electron chi connectivity index (χ2n) is 7.29. The van der Waals surface area contributed by atoms with Crippen LogP contribution in [0.4, 0.5) is 10.1 Å². The monoisotopic (exact) mass is 409 g/mol. The lowest BCUT2D eigenvalue weighted by Gasteiger charge is -2.40. The summed E-state index contributed by atoms with van der Waals surface area (Å²) in [7, 11) is 0. The SMILES string of the molecule is O=C(Cc1ccccc1)N(c1ccc(F)cc1)C(c1cscn1)N1CCCCC1. The Bertz CT molecular complexity index is 909. The number of anilines is 1. The van der Waals surface area contributed by atoms with Gasteiger partial charge in [-0.25, -0.2) is 9.37 Å². The highest BCUT2D eigenvalue weighted by Crippen LogP contribution is 2.33. The van der Waals surface area contributed by atoms with Gasteiger partial charge in [0.15, 0.2) is 0 Å². The number of amides is 1. The van der Waals surface area contributed by atoms with Crippen molar-refractivity contribution < 1.29 is 9.18 Å². The first kappa shape index (κ1) is 19.7. The molecule has 1 atom stereocenters. The van der Waals surface area contributed by atoms with Crippen LogP contribution in [-0.2, 0) is 11.2 Å². The molecule has 1 fully saturated rings. The fraction of sp³-hybridized carbons (Fsp3) is 0.304. The van der Waals surface area contributed by atoms with Gasteiger partial charge in [0, 0.05) is 24.2 Å². The second-order valence-corrected chi connectivity index (χ2v) is 8.00. The largest absolute Gasteiger partial charge is 0.290 e. The van der Waals surface area contributed by atoms with Crippen LogP contribution in [0.3, 0.4) is 0 Å². The molecule has 150 valence electrons. The van der Waals surface area contributed by atoms with Crippen molar-refractivity contribution in [1.82, 2.24) is 9.88 Å². The van der Waals surface area contributed by atoms with Crippen molar-refractivity contribution in [3.8, 4) is 0 Å². The van der Waals surface area contributed by atoms with Crippen molar-refractivity contribution in [3.05, 3.63) is 82.6 Å². The fourth-order valence-electron chi connectivity index (χ4n) is 3.87. The van der Waals surface area contributed by atoms with Crippen molar-refractivity contribution in [2.75, 3.05) is 18.0 Å². The molecular weight excluding hydrogens is 385 g/mol. The molecule has 2 heterocycles. The maximum Gasteiger partial charge on any atom is 0.233 e. The highest BCUT2D eigenvalue weighted by Gasteiger charge is 2.33. The highest BCUT2D eigenvalue weighted by atomic mass is 32.1. The van der Waals surface area contributed by atoms with Gasteiger partial charge in [0.1, 0.15) is 12.0 Å². The van der Waals surface area contributed by atoms with E-state index in [0.29, 0.717) is 5.69 Å². The van der Waals surface area contributed by atoms with Crippen molar-refractivity contribution in [2.24, 2.45) is 0 Å². The molecule has 1 aliphatic rings. The number of nitrogens with zero attached hydrogens (tertiary/aromatic N) is 3. The molecule has 29 heavy (non-hydrogen) atoms. The van der Waals surface area contributed by atoms with E-state index in [0.717, 1.165) is 37.2 Å². The Balaban J connectivity index is 1.73. The fourth-order valence-corrected chi connectivity index (χ4v) is 4.44. The van der Waals surface area contributed by atoms with E-state index in [4.69, 9.17) is 0 Å². The Labute approximate surface area is 174 Å². The zero-order valence-corrected chi connectivity index (χ0v) is 17.0. The summed E-state index contributed by atoms with van der Waals surface area (Å²) in [6.45, 7) is 1.83. The highest BCUT2D eigenvalue weighted by molar-refractivity contribution is 7.07. The molecule has 1 aromatic heterocycles. The zero-order chi connectivity index (χ0) is 20.1. The zero-order valence-electron chi connectivity index (χ0n) is 16.2. The Morgan fingerprint density at radius 3 is 2.45 bits per heavy atom. The van der Waals surface area contributed by atoms with E-state index >= 15 is 0 Å². The summed E-state index contributed by atoms with van der Waals surface area (Å²) in [5, 5.41) is 2.01. The lowest BCUT2D eigenvalue weighted by molar-refractivity contribution is -0.119. The van der Waals surface area contributed by atoms with Gasteiger partial charge in [-0.3, -0.25) is 14.6 Å². The summed E-state index contributed by atoms with van der Waals surface area (Å²) in [6, 6.07) is 15.9. The summed E-state index contributed by atoms with van der Waals surface area (Å²) >= 11 is 1.53. The summed E-state index contributed by atoms with van der Waals surface area (Å²) in [4.78, 5) is 22.2. The Morgan fingerprint density at radius 1 is 1.07 bits per heavy atom. The van der Waals surface area contributed by atoms with Gasteiger partial charge < -0.3 is 0 Å². The van der Waals surface area contributed by atoms with Gasteiger partial charge >= 0.3 is 0 Å². The van der Waals surface area contributed by atoms with E-state index in [1.165, 1.54) is 29.9 Å². The number of likely N-dealkylation sites (tertiary alicyclic amines) is 1. The quantitative estimate of drug-likeness (QED) is 0.572. The maximum absolute atomic E-state index is 13.6. The molecule has 0 N–H and O–H groups in total. The van der Waals surface area contributed by atoms with Gasteiger partial charge in [0.05, 0.1) is 17.6 Å². The van der Waals surface area contributed by atoms with Gasteiger partial charge in [0.25, 0.3) is 0 Å². The normalized spacial score (nSPS) is 15.8. The third kappa shape index (κ3) is 4.71. The summed E-state index contributed by atoms with van der Waals surface area (Å²) < 4.78 is 13.6. The number of hydrogen-bond acceptors (Lipinski definition) is 4. The van der Waals surface area contributed by atoms with Crippen LogP contribution in [0.15, 0.2) is 65.5 Å². The summed E-state index contributed by atoms with van der Waals surface area (Å²) in [6.07, 6.45) is 3.40. The van der Waals surface area contributed by atoms with Crippen LogP contribution >= 0.6 is 11.3 Å². The van der Waals surface area contributed by atoms with Gasteiger partial charge in [-0.2, -0.15) is 0 Å². The van der Waals surface area contributed by atoms with Gasteiger partial charge in [0.2, 0.25) is 5.91 Å². The molecule has 0 bridgehead atoms. The van der Waals surface area contributed by atoms with Crippen molar-refractivity contribution in [1.29, 1.82) is 0 Å². The molecule has 6 heteroatoms. The van der Waals surface area contributed by atoms with Gasteiger partial charge in [-0.1, -0.05) is 36.8 Å². The van der Waals surface area contributed by atoms with Crippen molar-refractivity contribution in [3.63, 3.8) is 0 Å². The molecule has 0 spiro atoms. The summed E-state index contributed by atoms with van der Waals surface area (Å²) in [5.74, 6) is -0.334. The van der Waals surface area contributed by atoms with Crippen LogP contribution in [0.1, 0.15) is 36.7 Å². The van der Waals surface area contributed by atoms with Gasteiger partial charge in [-0.15, -0.1) is 11.3 Å². The van der Waals surface area contributed by atoms with E-state index in [1.807, 2.05) is 35.7 Å². The minimum Gasteiger partial charge on any atom is -0.290 e. The van der Waals surface area contributed by atoms with Crippen LogP contribution < -0.4 is 4.90 Å². The van der Waals surface area contributed by atoms with Crippen molar-refractivity contribution >= 4 is 22.9 Å². The third-order valence-corrected chi connectivity index (χ3v) is 5.87. The number of halogens is 1. The lowest BCUT2D eigenvalue weighted by atomic mass is 10.1. The smallest absolute Gasteiger partial charge is 0.233 e. The van der Waals surface area contributed by atoms with E-state index in [1.54, 1.807) is 22.5 Å². The standard InChI is InChI=1S/C23H24FN3OS/c24-19-9-11-20(12-10-19)27(22(28)15-18-7-3-1-4-8-18)23(21-16-29-17-25-21)26-13-5-2-6-14-26/h1,3-4,7-12,16-17,23H,2,5-6,13-15H2. The molecule has 1 amide bonds. The predicted octanol–water partition coefficient (Wildman–Crippen LogP) is 5.04. The number of carbonyl (C=O) groups is 1. The first-order chi connectivity index (χ1) is 14.2. The molecule has 2 aromatic carbocycles. The third-order valence-electron chi connectivity index (χ3n) is 5.27. The molecule has 0 radical (unpaired) electrons. The number of carbonyl (C=O) groups excluding carboxylic acids is 1. The number of rotatable bonds is 6. The molecule has 4 nitrogen and oxygen atoms in total. The van der Waals surface area contributed by atoms with E-state index in [-0.39, 0.29) is 24.3 Å². The minimum absolute atomic E-state index is 0.0219. The Hall–Kier alpha value is -2.57. The van der Waals surface area contributed by atoms with E-state index in [2.05, 4.69) is 9.88 Å². The molecule has 1 saturated heterocycles. The average Bonchev–Trinajstić information content (AvgIpc) is 3.28. The first-order valence-electron chi connectivity index (χ1n) is 9.96. The number of piperidine rings is 1. The molecule has 3 aromatic rings. The van der Waals surface area contributed by atoms with Gasteiger partial charge in [-0.05, 0) is 42.7 Å². The Kier molecular flexibility index (Phi) is 6.32. The van der Waals surface area contributed by atoms with Crippen LogP contribution in [0.25, 0.3) is 0 Å². The number of benzene rings is 2. The average molecular weight is 410 g/mol. The molecule has 0 aliphatic carbocycles. The van der Waals surface area contributed by atoms with Crippen molar-refractivity contribution in [2.45, 2.75) is 31.8 Å². The van der Waals surface area contributed by atoms with Crippen LogP contribution in [0.2, 0.25) is 0 Å². The van der Waals surface area contributed by atoms with Crippen LogP contribution in [-0.4, -0.2) is 28.9 Å². The van der Waals surface area contributed by atoms with Crippen LogP contribution in [0.5, 0.6) is 0 Å². The molecule has 1 unspecified atom stereocenters. The van der Waals surface area contributed by atoms with E-state index in [9.17, 15) is 9.18 Å². The topological polar surface area (TPSA) is 36.4 Å². The molecular formula is C23H24FN3OS. The summed E-state index contributed by atoms with van der Waals surface area (Å²) in [5.41, 5.74) is 4.32. The predicted molar refractivity (Wildman–Crippen MR) is 114 cm³/mol. The molecule has 4 rings (SSSR count). The van der Waals surface area contributed by atoms with E-state index < -0.39 is 0 Å². The lowest BCUT2D eigenvalue weighted by Crippen LogP contribution is -2.47. The molecule has 1 aliphatic heterocycles. The number of hydrogen-bond donors (Lipinski definition) is 0.